The lowest BCUT2D eigenvalue weighted by Crippen LogP contribution is -2.53. The Morgan fingerprint density at radius 3 is 2.91 bits per heavy atom. The van der Waals surface area contributed by atoms with E-state index in [2.05, 4.69) is 20.6 Å². The molecule has 2 unspecified atom stereocenters. The minimum absolute atomic E-state index is 0.00184. The van der Waals surface area contributed by atoms with Gasteiger partial charge in [-0.2, -0.15) is 5.10 Å². The molecule has 23 heavy (non-hydrogen) atoms. The molecule has 0 bridgehead atoms. The molecule has 1 aliphatic rings. The molecule has 1 aliphatic heterocycles. The van der Waals surface area contributed by atoms with Crippen LogP contribution in [0.5, 0.6) is 0 Å². The first-order chi connectivity index (χ1) is 11.0. The van der Waals surface area contributed by atoms with Crippen molar-refractivity contribution in [1.82, 2.24) is 20.4 Å². The van der Waals surface area contributed by atoms with Crippen LogP contribution in [0.3, 0.4) is 0 Å². The standard InChI is InChI=1S/C16H29N5O2/c1-12(2)15(6-8-22)19-16(23)18-13-5-4-7-21(10-13)14-9-17-20(3)11-14/h9,11-13,15,22H,4-8,10H2,1-3H3,(H2,18,19,23). The lowest BCUT2D eigenvalue weighted by molar-refractivity contribution is 0.214. The molecule has 0 aliphatic carbocycles. The third kappa shape index (κ3) is 5.13. The number of carbonyl (C=O) groups is 1. The zero-order chi connectivity index (χ0) is 16.8. The van der Waals surface area contributed by atoms with Gasteiger partial charge in [0.25, 0.3) is 0 Å². The number of piperidine rings is 1. The smallest absolute Gasteiger partial charge is 0.315 e. The van der Waals surface area contributed by atoms with Crippen LogP contribution in [0.25, 0.3) is 0 Å². The van der Waals surface area contributed by atoms with E-state index in [1.165, 1.54) is 0 Å². The Balaban J connectivity index is 1.85. The molecule has 1 aromatic rings. The van der Waals surface area contributed by atoms with Crippen LogP contribution in [0.1, 0.15) is 33.1 Å². The first kappa shape index (κ1) is 17.6. The predicted octanol–water partition coefficient (Wildman–Crippen LogP) is 1.10. The predicted molar refractivity (Wildman–Crippen MR) is 90.4 cm³/mol. The van der Waals surface area contributed by atoms with Crippen molar-refractivity contribution in [2.24, 2.45) is 13.0 Å². The van der Waals surface area contributed by atoms with Gasteiger partial charge in [0.1, 0.15) is 0 Å². The summed E-state index contributed by atoms with van der Waals surface area (Å²) < 4.78 is 1.79. The van der Waals surface area contributed by atoms with E-state index in [1.807, 2.05) is 33.3 Å². The highest BCUT2D eigenvalue weighted by Gasteiger charge is 2.23. The maximum Gasteiger partial charge on any atom is 0.315 e. The lowest BCUT2D eigenvalue weighted by atomic mass is 10.0. The van der Waals surface area contributed by atoms with Crippen LogP contribution in [0.15, 0.2) is 12.4 Å². The fraction of sp³-hybridized carbons (Fsp3) is 0.750. The van der Waals surface area contributed by atoms with E-state index < -0.39 is 0 Å². The van der Waals surface area contributed by atoms with E-state index >= 15 is 0 Å². The second-order valence-electron chi connectivity index (χ2n) is 6.64. The first-order valence-corrected chi connectivity index (χ1v) is 8.41. The molecule has 2 amide bonds. The van der Waals surface area contributed by atoms with Crippen LogP contribution in [0, 0.1) is 5.92 Å². The highest BCUT2D eigenvalue weighted by Crippen LogP contribution is 2.19. The summed E-state index contributed by atoms with van der Waals surface area (Å²) in [5.74, 6) is 0.297. The Morgan fingerprint density at radius 2 is 2.30 bits per heavy atom. The zero-order valence-electron chi connectivity index (χ0n) is 14.3. The molecule has 1 saturated heterocycles. The second kappa shape index (κ2) is 8.19. The fourth-order valence-corrected chi connectivity index (χ4v) is 3.01. The van der Waals surface area contributed by atoms with Gasteiger partial charge < -0.3 is 20.6 Å². The number of anilines is 1. The van der Waals surface area contributed by atoms with Gasteiger partial charge in [-0.15, -0.1) is 0 Å². The first-order valence-electron chi connectivity index (χ1n) is 8.41. The molecule has 7 nitrogen and oxygen atoms in total. The molecule has 130 valence electrons. The molecule has 2 heterocycles. The molecule has 1 aromatic heterocycles. The average molecular weight is 323 g/mol. The van der Waals surface area contributed by atoms with Gasteiger partial charge in [-0.1, -0.05) is 13.8 Å². The number of aliphatic hydroxyl groups is 1. The monoisotopic (exact) mass is 323 g/mol. The van der Waals surface area contributed by atoms with Crippen LogP contribution >= 0.6 is 0 Å². The fourth-order valence-electron chi connectivity index (χ4n) is 3.01. The molecule has 0 radical (unpaired) electrons. The topological polar surface area (TPSA) is 82.4 Å². The summed E-state index contributed by atoms with van der Waals surface area (Å²) in [5, 5.41) is 19.4. The van der Waals surface area contributed by atoms with Gasteiger partial charge in [0.05, 0.1) is 11.9 Å². The molecule has 0 aromatic carbocycles. The van der Waals surface area contributed by atoms with E-state index in [1.54, 1.807) is 4.68 Å². The van der Waals surface area contributed by atoms with Crippen LogP contribution < -0.4 is 15.5 Å². The number of nitrogens with one attached hydrogen (secondary N) is 2. The molecule has 0 saturated carbocycles. The number of amides is 2. The van der Waals surface area contributed by atoms with Gasteiger partial charge in [-0.05, 0) is 25.2 Å². The van der Waals surface area contributed by atoms with Crippen molar-refractivity contribution < 1.29 is 9.90 Å². The molecular weight excluding hydrogens is 294 g/mol. The van der Waals surface area contributed by atoms with Crippen molar-refractivity contribution in [3.05, 3.63) is 12.4 Å². The normalized spacial score (nSPS) is 19.7. The van der Waals surface area contributed by atoms with E-state index in [0.29, 0.717) is 12.3 Å². The molecule has 1 fully saturated rings. The Kier molecular flexibility index (Phi) is 6.27. The largest absolute Gasteiger partial charge is 0.396 e. The molecule has 0 spiro atoms. The summed E-state index contributed by atoms with van der Waals surface area (Å²) in [5.41, 5.74) is 1.10. The van der Waals surface area contributed by atoms with E-state index in [9.17, 15) is 4.79 Å². The number of carbonyl (C=O) groups excluding carboxylic acids is 1. The number of rotatable bonds is 6. The molecule has 2 rings (SSSR count). The van der Waals surface area contributed by atoms with Crippen molar-refractivity contribution in [2.75, 3.05) is 24.6 Å². The van der Waals surface area contributed by atoms with Crippen LogP contribution in [0.4, 0.5) is 10.5 Å². The zero-order valence-corrected chi connectivity index (χ0v) is 14.3. The molecule has 7 heteroatoms. The second-order valence-corrected chi connectivity index (χ2v) is 6.64. The number of urea groups is 1. The summed E-state index contributed by atoms with van der Waals surface area (Å²) in [4.78, 5) is 14.5. The van der Waals surface area contributed by atoms with Crippen LogP contribution in [-0.4, -0.2) is 52.7 Å². The highest BCUT2D eigenvalue weighted by molar-refractivity contribution is 5.74. The molecule has 2 atom stereocenters. The van der Waals surface area contributed by atoms with Crippen molar-refractivity contribution in [1.29, 1.82) is 0 Å². The van der Waals surface area contributed by atoms with E-state index in [0.717, 1.165) is 31.6 Å². The summed E-state index contributed by atoms with van der Waals surface area (Å²) in [6.45, 7) is 5.97. The number of hydrogen-bond acceptors (Lipinski definition) is 4. The van der Waals surface area contributed by atoms with Crippen molar-refractivity contribution >= 4 is 11.7 Å². The summed E-state index contributed by atoms with van der Waals surface area (Å²) >= 11 is 0. The number of aromatic nitrogens is 2. The lowest BCUT2D eigenvalue weighted by Gasteiger charge is -2.34. The molecular formula is C16H29N5O2. The molecule has 3 N–H and O–H groups in total. The number of aryl methyl sites for hydroxylation is 1. The van der Waals surface area contributed by atoms with Crippen molar-refractivity contribution in [2.45, 2.75) is 45.2 Å². The summed E-state index contributed by atoms with van der Waals surface area (Å²) in [6, 6.07) is -0.0147. The van der Waals surface area contributed by atoms with E-state index in [4.69, 9.17) is 5.11 Å². The van der Waals surface area contributed by atoms with Gasteiger partial charge in [0, 0.05) is 45.0 Å². The van der Waals surface area contributed by atoms with Crippen molar-refractivity contribution in [3.8, 4) is 0 Å². The Bertz CT molecular complexity index is 502. The maximum absolute atomic E-state index is 12.2. The SMILES string of the molecule is CC(C)C(CCO)NC(=O)NC1CCCN(c2cnn(C)c2)C1. The van der Waals surface area contributed by atoms with Gasteiger partial charge in [0.2, 0.25) is 0 Å². The average Bonchev–Trinajstić information content (AvgIpc) is 2.93. The number of aliphatic hydroxyl groups excluding tert-OH is 1. The number of nitrogens with zero attached hydrogens (tertiary/aromatic N) is 3. The Hall–Kier alpha value is -1.76. The van der Waals surface area contributed by atoms with Crippen molar-refractivity contribution in [3.63, 3.8) is 0 Å². The third-order valence-electron chi connectivity index (χ3n) is 4.37. The summed E-state index contributed by atoms with van der Waals surface area (Å²) in [6.07, 6.45) is 6.47. The van der Waals surface area contributed by atoms with Gasteiger partial charge in [0.15, 0.2) is 0 Å². The highest BCUT2D eigenvalue weighted by atomic mass is 16.3. The van der Waals surface area contributed by atoms with Gasteiger partial charge >= 0.3 is 6.03 Å². The minimum atomic E-state index is -0.143. The summed E-state index contributed by atoms with van der Waals surface area (Å²) in [7, 11) is 1.91. The van der Waals surface area contributed by atoms with Gasteiger partial charge in [-0.3, -0.25) is 4.68 Å². The van der Waals surface area contributed by atoms with E-state index in [-0.39, 0.29) is 24.7 Å². The number of hydrogen-bond donors (Lipinski definition) is 3. The minimum Gasteiger partial charge on any atom is -0.396 e. The maximum atomic E-state index is 12.2. The van der Waals surface area contributed by atoms with Gasteiger partial charge in [-0.25, -0.2) is 4.79 Å². The Morgan fingerprint density at radius 1 is 1.52 bits per heavy atom. The quantitative estimate of drug-likeness (QED) is 0.732. The van der Waals surface area contributed by atoms with Crippen LogP contribution in [0.2, 0.25) is 0 Å². The third-order valence-corrected chi connectivity index (χ3v) is 4.37. The Labute approximate surface area is 138 Å². The van der Waals surface area contributed by atoms with Crippen LogP contribution in [-0.2, 0) is 7.05 Å².